The maximum absolute atomic E-state index is 14.9. The maximum Gasteiger partial charge on any atom is 0.408 e. The first-order valence-electron chi connectivity index (χ1n) is 13.8. The topological polar surface area (TPSA) is 140 Å². The average Bonchev–Trinajstić information content (AvgIpc) is 3.26. The Bertz CT molecular complexity index is 1630. The number of ether oxygens (including phenoxy) is 1. The van der Waals surface area contributed by atoms with E-state index >= 15 is 0 Å². The Hall–Kier alpha value is -4.68. The van der Waals surface area contributed by atoms with Gasteiger partial charge in [-0.2, -0.15) is 4.39 Å². The number of carbonyl (C=O) groups is 2. The molecule has 2 N–H and O–H groups in total. The number of hydrogen-bond donors (Lipinski definition) is 2. The molecule has 4 aromatic rings. The van der Waals surface area contributed by atoms with Gasteiger partial charge in [0.25, 0.3) is 0 Å². The SMILES string of the molecule is Cc1nc2c(F)nc(-c3ccnc(Nc4ccc(N5CCCC(NC(=O)OC(C)(C)C)C5=O)cn4)n3)cc2n1C(C)C. The Balaban J connectivity index is 1.30. The quantitative estimate of drug-likeness (QED) is 0.301. The van der Waals surface area contributed by atoms with E-state index in [1.165, 1.54) is 0 Å². The van der Waals surface area contributed by atoms with Gasteiger partial charge in [-0.1, -0.05) is 0 Å². The van der Waals surface area contributed by atoms with Crippen LogP contribution >= 0.6 is 0 Å². The van der Waals surface area contributed by atoms with Crippen molar-refractivity contribution < 1.29 is 18.7 Å². The summed E-state index contributed by atoms with van der Waals surface area (Å²) in [4.78, 5) is 48.5. The first-order valence-corrected chi connectivity index (χ1v) is 13.8. The normalized spacial score (nSPS) is 15.8. The van der Waals surface area contributed by atoms with E-state index in [2.05, 4.69) is 35.6 Å². The number of nitrogens with one attached hydrogen (secondary N) is 2. The monoisotopic (exact) mass is 575 g/mol. The predicted octanol–water partition coefficient (Wildman–Crippen LogP) is 5.08. The van der Waals surface area contributed by atoms with Gasteiger partial charge in [0.05, 0.1) is 28.8 Å². The standard InChI is InChI=1S/C29H34FN9O3/c1-16(2)39-17(3)33-24-22(39)14-21(34-25(24)30)19-11-12-31-27(35-19)37-23-10-9-18(15-32-23)38-13-7-8-20(26(38)40)36-28(41)42-29(4,5)6/h9-12,14-16,20H,7-8,13H2,1-6H3,(H,36,41)(H,31,32,35,37). The lowest BCUT2D eigenvalue weighted by atomic mass is 10.0. The lowest BCUT2D eigenvalue weighted by Gasteiger charge is -2.33. The predicted molar refractivity (Wildman–Crippen MR) is 156 cm³/mol. The van der Waals surface area contributed by atoms with E-state index in [0.717, 1.165) is 0 Å². The summed E-state index contributed by atoms with van der Waals surface area (Å²) in [6.07, 6.45) is 3.74. The Labute approximate surface area is 242 Å². The third-order valence-corrected chi connectivity index (χ3v) is 6.68. The third-order valence-electron chi connectivity index (χ3n) is 6.68. The van der Waals surface area contributed by atoms with Crippen LogP contribution in [0.2, 0.25) is 0 Å². The number of alkyl carbamates (subject to hydrolysis) is 1. The van der Waals surface area contributed by atoms with Crippen molar-refractivity contribution in [2.75, 3.05) is 16.8 Å². The average molecular weight is 576 g/mol. The van der Waals surface area contributed by atoms with Crippen molar-refractivity contribution in [3.8, 4) is 11.4 Å². The van der Waals surface area contributed by atoms with E-state index in [4.69, 9.17) is 4.74 Å². The molecule has 1 aliphatic rings. The van der Waals surface area contributed by atoms with Crippen LogP contribution in [-0.4, -0.2) is 59.7 Å². The maximum atomic E-state index is 14.9. The Morgan fingerprint density at radius 3 is 2.60 bits per heavy atom. The molecule has 1 aliphatic heterocycles. The summed E-state index contributed by atoms with van der Waals surface area (Å²) in [5.41, 5.74) is 1.59. The molecule has 5 rings (SSSR count). The number of piperidine rings is 1. The van der Waals surface area contributed by atoms with Crippen molar-refractivity contribution in [2.45, 2.75) is 72.1 Å². The van der Waals surface area contributed by atoms with Crippen molar-refractivity contribution in [1.82, 2.24) is 34.8 Å². The van der Waals surface area contributed by atoms with Crippen LogP contribution < -0.4 is 15.5 Å². The number of nitrogens with zero attached hydrogens (tertiary/aromatic N) is 7. The third kappa shape index (κ3) is 6.14. The summed E-state index contributed by atoms with van der Waals surface area (Å²) in [5, 5.41) is 5.72. The van der Waals surface area contributed by atoms with E-state index in [1.807, 2.05) is 25.3 Å². The fourth-order valence-corrected chi connectivity index (χ4v) is 4.97. The second kappa shape index (κ2) is 11.3. The van der Waals surface area contributed by atoms with E-state index in [0.29, 0.717) is 53.6 Å². The van der Waals surface area contributed by atoms with Gasteiger partial charge in [-0.05, 0) is 78.6 Å². The van der Waals surface area contributed by atoms with Crippen LogP contribution in [0.3, 0.4) is 0 Å². The zero-order chi connectivity index (χ0) is 30.2. The minimum absolute atomic E-state index is 0.0914. The van der Waals surface area contributed by atoms with E-state index in [-0.39, 0.29) is 23.4 Å². The molecule has 0 aromatic carbocycles. The molecule has 4 aromatic heterocycles. The molecule has 1 fully saturated rings. The number of rotatable bonds is 6. The summed E-state index contributed by atoms with van der Waals surface area (Å²) in [6.45, 7) is 11.7. The largest absolute Gasteiger partial charge is 0.444 e. The number of fused-ring (bicyclic) bond motifs is 1. The summed E-state index contributed by atoms with van der Waals surface area (Å²) in [7, 11) is 0. The lowest BCUT2D eigenvalue weighted by Crippen LogP contribution is -2.53. The van der Waals surface area contributed by atoms with Crippen LogP contribution in [0.4, 0.5) is 26.6 Å². The van der Waals surface area contributed by atoms with Crippen molar-refractivity contribution in [3.05, 3.63) is 48.4 Å². The smallest absolute Gasteiger partial charge is 0.408 e. The van der Waals surface area contributed by atoms with Gasteiger partial charge in [0.1, 0.15) is 28.8 Å². The number of carbonyl (C=O) groups excluding carboxylic acids is 2. The summed E-state index contributed by atoms with van der Waals surface area (Å²) in [6, 6.07) is 6.31. The first kappa shape index (κ1) is 28.8. The minimum Gasteiger partial charge on any atom is -0.444 e. The second-order valence-electron chi connectivity index (χ2n) is 11.4. The molecule has 1 unspecified atom stereocenters. The number of hydrogen-bond acceptors (Lipinski definition) is 9. The van der Waals surface area contributed by atoms with Crippen LogP contribution in [0.5, 0.6) is 0 Å². The molecule has 0 saturated carbocycles. The molecule has 0 spiro atoms. The second-order valence-corrected chi connectivity index (χ2v) is 11.4. The zero-order valence-corrected chi connectivity index (χ0v) is 24.5. The summed E-state index contributed by atoms with van der Waals surface area (Å²) in [5.74, 6) is 0.521. The Morgan fingerprint density at radius 1 is 1.12 bits per heavy atom. The molecule has 1 atom stereocenters. The van der Waals surface area contributed by atoms with E-state index in [9.17, 15) is 14.0 Å². The van der Waals surface area contributed by atoms with Crippen LogP contribution in [0.15, 0.2) is 36.7 Å². The van der Waals surface area contributed by atoms with Gasteiger partial charge in [0.2, 0.25) is 17.8 Å². The lowest BCUT2D eigenvalue weighted by molar-refractivity contribution is -0.121. The molecule has 0 bridgehead atoms. The fraction of sp³-hybridized carbons (Fsp3) is 0.414. The highest BCUT2D eigenvalue weighted by atomic mass is 19.1. The van der Waals surface area contributed by atoms with Gasteiger partial charge in [0.15, 0.2) is 0 Å². The number of aryl methyl sites for hydroxylation is 1. The molecule has 0 radical (unpaired) electrons. The first-order chi connectivity index (χ1) is 19.9. The molecule has 12 nitrogen and oxygen atoms in total. The van der Waals surface area contributed by atoms with E-state index in [1.54, 1.807) is 62.3 Å². The van der Waals surface area contributed by atoms with Crippen LogP contribution in [0, 0.1) is 12.9 Å². The Morgan fingerprint density at radius 2 is 1.90 bits per heavy atom. The highest BCUT2D eigenvalue weighted by Crippen LogP contribution is 2.27. The zero-order valence-electron chi connectivity index (χ0n) is 24.5. The molecular weight excluding hydrogens is 541 g/mol. The fourth-order valence-electron chi connectivity index (χ4n) is 4.97. The van der Waals surface area contributed by atoms with Gasteiger partial charge in [0, 0.05) is 18.8 Å². The number of aromatic nitrogens is 6. The Kier molecular flexibility index (Phi) is 7.76. The molecule has 5 heterocycles. The van der Waals surface area contributed by atoms with E-state index < -0.39 is 23.7 Å². The van der Waals surface area contributed by atoms with Gasteiger partial charge in [-0.3, -0.25) is 4.79 Å². The highest BCUT2D eigenvalue weighted by Gasteiger charge is 2.32. The number of imidazole rings is 1. The minimum atomic E-state index is -0.678. The number of pyridine rings is 2. The molecule has 0 aliphatic carbocycles. The summed E-state index contributed by atoms with van der Waals surface area (Å²) >= 11 is 0. The van der Waals surface area contributed by atoms with Crippen LogP contribution in [0.1, 0.15) is 59.3 Å². The van der Waals surface area contributed by atoms with Gasteiger partial charge >= 0.3 is 6.09 Å². The molecule has 220 valence electrons. The van der Waals surface area contributed by atoms with Crippen LogP contribution in [0.25, 0.3) is 22.4 Å². The number of amides is 2. The number of anilines is 3. The summed E-state index contributed by atoms with van der Waals surface area (Å²) < 4.78 is 22.2. The van der Waals surface area contributed by atoms with Crippen molar-refractivity contribution in [2.24, 2.45) is 0 Å². The molecule has 42 heavy (non-hydrogen) atoms. The molecule has 1 saturated heterocycles. The van der Waals surface area contributed by atoms with Crippen molar-refractivity contribution >= 4 is 40.5 Å². The van der Waals surface area contributed by atoms with Crippen LogP contribution in [-0.2, 0) is 9.53 Å². The van der Waals surface area contributed by atoms with Gasteiger partial charge in [-0.25, -0.2) is 29.7 Å². The number of halogens is 1. The van der Waals surface area contributed by atoms with Gasteiger partial charge in [-0.15, -0.1) is 0 Å². The molecule has 13 heteroatoms. The molecular formula is C29H34FN9O3. The highest BCUT2D eigenvalue weighted by molar-refractivity contribution is 5.99. The van der Waals surface area contributed by atoms with Crippen molar-refractivity contribution in [1.29, 1.82) is 0 Å². The molecule has 2 amide bonds. The van der Waals surface area contributed by atoms with Gasteiger partial charge < -0.3 is 24.8 Å². The van der Waals surface area contributed by atoms with Crippen molar-refractivity contribution in [3.63, 3.8) is 0 Å².